The lowest BCUT2D eigenvalue weighted by molar-refractivity contribution is 0.119. The molecule has 1 fully saturated rings. The van der Waals surface area contributed by atoms with Crippen molar-refractivity contribution in [1.82, 2.24) is 5.16 Å². The van der Waals surface area contributed by atoms with Crippen molar-refractivity contribution in [2.24, 2.45) is 0 Å². The second kappa shape index (κ2) is 4.65. The maximum absolute atomic E-state index is 5.86. The van der Waals surface area contributed by atoms with Crippen LogP contribution in [0.4, 0.5) is 5.82 Å². The highest BCUT2D eigenvalue weighted by atomic mass is 79.9. The summed E-state index contributed by atoms with van der Waals surface area (Å²) in [5.41, 5.74) is 6.46. The number of hydrogen-bond acceptors (Lipinski definition) is 4. The van der Waals surface area contributed by atoms with Gasteiger partial charge in [0, 0.05) is 11.6 Å². The van der Waals surface area contributed by atoms with Crippen molar-refractivity contribution < 1.29 is 9.26 Å². The third-order valence-corrected chi connectivity index (χ3v) is 3.71. The molecule has 1 aromatic heterocycles. The standard InChI is InChI=1S/C13H13BrN2O2/c14-10-6-8(12-7-13(15)16-18-12)4-5-11(10)17-9-2-1-3-9/h4-7,9H,1-3H2,(H2,15,16). The minimum atomic E-state index is 0.369. The average molecular weight is 309 g/mol. The molecule has 0 aliphatic heterocycles. The maximum atomic E-state index is 5.86. The van der Waals surface area contributed by atoms with Gasteiger partial charge >= 0.3 is 0 Å². The molecule has 0 unspecified atom stereocenters. The van der Waals surface area contributed by atoms with Gasteiger partial charge in [0.2, 0.25) is 0 Å². The molecule has 4 nitrogen and oxygen atoms in total. The van der Waals surface area contributed by atoms with Crippen molar-refractivity contribution >= 4 is 21.7 Å². The minimum absolute atomic E-state index is 0.369. The molecule has 3 rings (SSSR count). The van der Waals surface area contributed by atoms with E-state index in [1.54, 1.807) is 6.07 Å². The minimum Gasteiger partial charge on any atom is -0.489 e. The molecule has 1 aliphatic carbocycles. The van der Waals surface area contributed by atoms with Crippen molar-refractivity contribution in [3.05, 3.63) is 28.7 Å². The smallest absolute Gasteiger partial charge is 0.169 e. The highest BCUT2D eigenvalue weighted by Crippen LogP contribution is 2.34. The van der Waals surface area contributed by atoms with E-state index in [2.05, 4.69) is 21.1 Å². The quantitative estimate of drug-likeness (QED) is 0.940. The lowest BCUT2D eigenvalue weighted by Gasteiger charge is -2.26. The number of nitrogens with two attached hydrogens (primary N) is 1. The summed E-state index contributed by atoms with van der Waals surface area (Å²) in [7, 11) is 0. The molecular weight excluding hydrogens is 296 g/mol. The van der Waals surface area contributed by atoms with Crippen LogP contribution in [0.25, 0.3) is 11.3 Å². The molecule has 2 N–H and O–H groups in total. The molecule has 0 radical (unpaired) electrons. The Morgan fingerprint density at radius 3 is 2.72 bits per heavy atom. The van der Waals surface area contributed by atoms with Gasteiger partial charge < -0.3 is 15.0 Å². The topological polar surface area (TPSA) is 61.3 Å². The number of nitrogens with zero attached hydrogens (tertiary/aromatic N) is 1. The Balaban J connectivity index is 1.83. The van der Waals surface area contributed by atoms with E-state index >= 15 is 0 Å². The van der Waals surface area contributed by atoms with Crippen molar-refractivity contribution in [3.63, 3.8) is 0 Å². The van der Waals surface area contributed by atoms with Gasteiger partial charge in [-0.15, -0.1) is 0 Å². The molecule has 94 valence electrons. The molecule has 0 atom stereocenters. The lowest BCUT2D eigenvalue weighted by Crippen LogP contribution is -2.24. The third-order valence-electron chi connectivity index (χ3n) is 3.09. The summed E-state index contributed by atoms with van der Waals surface area (Å²) in [6.45, 7) is 0. The molecule has 0 spiro atoms. The fraction of sp³-hybridized carbons (Fsp3) is 0.308. The molecule has 2 aromatic rings. The summed E-state index contributed by atoms with van der Waals surface area (Å²) in [6, 6.07) is 7.54. The van der Waals surface area contributed by atoms with Crippen LogP contribution >= 0.6 is 15.9 Å². The van der Waals surface area contributed by atoms with E-state index in [-0.39, 0.29) is 0 Å². The first-order valence-corrected chi connectivity index (χ1v) is 6.70. The molecule has 5 heteroatoms. The van der Waals surface area contributed by atoms with Crippen LogP contribution in [0.3, 0.4) is 0 Å². The first-order valence-electron chi connectivity index (χ1n) is 5.91. The van der Waals surface area contributed by atoms with Gasteiger partial charge in [-0.05, 0) is 53.4 Å². The molecular formula is C13H13BrN2O2. The summed E-state index contributed by atoms with van der Waals surface area (Å²) >= 11 is 3.51. The second-order valence-corrected chi connectivity index (χ2v) is 5.29. The predicted molar refractivity (Wildman–Crippen MR) is 72.3 cm³/mol. The van der Waals surface area contributed by atoms with Crippen LogP contribution in [0.2, 0.25) is 0 Å². The monoisotopic (exact) mass is 308 g/mol. The molecule has 1 aromatic carbocycles. The fourth-order valence-electron chi connectivity index (χ4n) is 1.84. The Hall–Kier alpha value is -1.49. The Bertz CT molecular complexity index is 564. The van der Waals surface area contributed by atoms with Crippen LogP contribution in [0, 0.1) is 0 Å². The number of benzene rings is 1. The summed E-state index contributed by atoms with van der Waals surface area (Å²) < 4.78 is 11.9. The first-order chi connectivity index (χ1) is 8.72. The van der Waals surface area contributed by atoms with E-state index in [0.29, 0.717) is 17.7 Å². The fourth-order valence-corrected chi connectivity index (χ4v) is 2.32. The largest absolute Gasteiger partial charge is 0.489 e. The molecule has 18 heavy (non-hydrogen) atoms. The Labute approximate surface area is 113 Å². The number of halogens is 1. The number of aromatic nitrogens is 1. The van der Waals surface area contributed by atoms with Crippen molar-refractivity contribution in [3.8, 4) is 17.1 Å². The molecule has 1 aliphatic rings. The molecule has 0 saturated heterocycles. The Morgan fingerprint density at radius 2 is 2.17 bits per heavy atom. The van der Waals surface area contributed by atoms with Gasteiger partial charge in [-0.2, -0.15) is 0 Å². The summed E-state index contributed by atoms with van der Waals surface area (Å²) in [4.78, 5) is 0. The predicted octanol–water partition coefficient (Wildman–Crippen LogP) is 3.62. The Kier molecular flexibility index (Phi) is 2.99. The molecule has 1 heterocycles. The van der Waals surface area contributed by atoms with E-state index in [9.17, 15) is 0 Å². The normalized spacial score (nSPS) is 15.4. The zero-order valence-corrected chi connectivity index (χ0v) is 11.3. The number of rotatable bonds is 3. The summed E-state index contributed by atoms with van der Waals surface area (Å²) in [5.74, 6) is 1.91. The highest BCUT2D eigenvalue weighted by Gasteiger charge is 2.20. The SMILES string of the molecule is Nc1cc(-c2ccc(OC3CCC3)c(Br)c2)on1. The molecule has 1 saturated carbocycles. The lowest BCUT2D eigenvalue weighted by atomic mass is 9.96. The summed E-state index contributed by atoms with van der Waals surface area (Å²) in [6.07, 6.45) is 3.92. The molecule has 0 bridgehead atoms. The van der Waals surface area contributed by atoms with Crippen LogP contribution < -0.4 is 10.5 Å². The van der Waals surface area contributed by atoms with E-state index in [1.165, 1.54) is 6.42 Å². The van der Waals surface area contributed by atoms with E-state index in [1.807, 2.05) is 18.2 Å². The van der Waals surface area contributed by atoms with Gasteiger partial charge in [0.25, 0.3) is 0 Å². The zero-order valence-electron chi connectivity index (χ0n) is 9.73. The highest BCUT2D eigenvalue weighted by molar-refractivity contribution is 9.10. The van der Waals surface area contributed by atoms with Gasteiger partial charge in [0.15, 0.2) is 11.6 Å². The average Bonchev–Trinajstić information content (AvgIpc) is 2.72. The van der Waals surface area contributed by atoms with Crippen LogP contribution in [0.1, 0.15) is 19.3 Å². The van der Waals surface area contributed by atoms with Gasteiger partial charge in [-0.25, -0.2) is 0 Å². The molecule has 0 amide bonds. The Morgan fingerprint density at radius 1 is 1.33 bits per heavy atom. The zero-order chi connectivity index (χ0) is 12.5. The third kappa shape index (κ3) is 2.22. The van der Waals surface area contributed by atoms with Crippen molar-refractivity contribution in [1.29, 1.82) is 0 Å². The second-order valence-electron chi connectivity index (χ2n) is 4.43. The first kappa shape index (κ1) is 11.6. The number of hydrogen-bond donors (Lipinski definition) is 1. The van der Waals surface area contributed by atoms with Crippen molar-refractivity contribution in [2.75, 3.05) is 5.73 Å². The summed E-state index contributed by atoms with van der Waals surface area (Å²) in [5, 5.41) is 3.67. The van der Waals surface area contributed by atoms with Gasteiger partial charge in [-0.1, -0.05) is 5.16 Å². The van der Waals surface area contributed by atoms with E-state index < -0.39 is 0 Å². The number of anilines is 1. The van der Waals surface area contributed by atoms with Crippen LogP contribution in [-0.2, 0) is 0 Å². The van der Waals surface area contributed by atoms with E-state index in [4.69, 9.17) is 15.0 Å². The van der Waals surface area contributed by atoms with Crippen LogP contribution in [-0.4, -0.2) is 11.3 Å². The van der Waals surface area contributed by atoms with Crippen molar-refractivity contribution in [2.45, 2.75) is 25.4 Å². The van der Waals surface area contributed by atoms with Crippen LogP contribution in [0.5, 0.6) is 5.75 Å². The maximum Gasteiger partial charge on any atom is 0.169 e. The number of nitrogen functional groups attached to an aromatic ring is 1. The van der Waals surface area contributed by atoms with Crippen LogP contribution in [0.15, 0.2) is 33.3 Å². The van der Waals surface area contributed by atoms with Gasteiger partial charge in [0.05, 0.1) is 10.6 Å². The van der Waals surface area contributed by atoms with Gasteiger partial charge in [0.1, 0.15) is 5.75 Å². The van der Waals surface area contributed by atoms with Gasteiger partial charge in [-0.3, -0.25) is 0 Å². The van der Waals surface area contributed by atoms with E-state index in [0.717, 1.165) is 28.6 Å². The number of ether oxygens (including phenoxy) is 1.